The molecule has 0 amide bonds. The highest BCUT2D eigenvalue weighted by atomic mass is 35.5. The van der Waals surface area contributed by atoms with Gasteiger partial charge < -0.3 is 15.0 Å². The Kier molecular flexibility index (Phi) is 4.51. The lowest BCUT2D eigenvalue weighted by molar-refractivity contribution is -0.143. The fourth-order valence-electron chi connectivity index (χ4n) is 1.61. The first-order chi connectivity index (χ1) is 9.20. The van der Waals surface area contributed by atoms with E-state index in [2.05, 4.69) is 25.3 Å². The first-order valence-electron chi connectivity index (χ1n) is 5.97. The number of H-pyrrole nitrogens is 1. The predicted molar refractivity (Wildman–Crippen MR) is 71.1 cm³/mol. The monoisotopic (exact) mass is 283 g/mol. The molecule has 0 unspecified atom stereocenters. The summed E-state index contributed by atoms with van der Waals surface area (Å²) in [4.78, 5) is 26.2. The number of rotatable bonds is 6. The van der Waals surface area contributed by atoms with Gasteiger partial charge >= 0.3 is 5.97 Å². The number of imidazole rings is 1. The maximum Gasteiger partial charge on any atom is 0.305 e. The molecule has 2 heterocycles. The Morgan fingerprint density at radius 2 is 2.37 bits per heavy atom. The van der Waals surface area contributed by atoms with Crippen molar-refractivity contribution in [3.8, 4) is 0 Å². The van der Waals surface area contributed by atoms with Crippen LogP contribution in [0.5, 0.6) is 0 Å². The molecule has 0 radical (unpaired) electrons. The molecule has 0 aliphatic heterocycles. The molecule has 0 atom stereocenters. The molecule has 8 heteroatoms. The van der Waals surface area contributed by atoms with Crippen molar-refractivity contribution >= 4 is 34.6 Å². The molecular formula is C11H14ClN5O2. The predicted octanol–water partition coefficient (Wildman–Crippen LogP) is 1.76. The Hall–Kier alpha value is -1.89. The van der Waals surface area contributed by atoms with E-state index in [1.54, 1.807) is 6.92 Å². The molecule has 0 spiro atoms. The first kappa shape index (κ1) is 13.5. The number of esters is 1. The summed E-state index contributed by atoms with van der Waals surface area (Å²) in [5.74, 6) is 0.382. The van der Waals surface area contributed by atoms with Crippen LogP contribution in [-0.2, 0) is 9.53 Å². The van der Waals surface area contributed by atoms with Crippen molar-refractivity contribution in [1.82, 2.24) is 19.9 Å². The number of ether oxygens (including phenoxy) is 1. The van der Waals surface area contributed by atoms with E-state index in [9.17, 15) is 4.79 Å². The number of carbonyl (C=O) groups is 1. The van der Waals surface area contributed by atoms with Gasteiger partial charge in [0.2, 0.25) is 5.28 Å². The van der Waals surface area contributed by atoms with E-state index in [0.29, 0.717) is 43.0 Å². The van der Waals surface area contributed by atoms with Crippen LogP contribution in [0.2, 0.25) is 5.28 Å². The second-order valence-corrected chi connectivity index (χ2v) is 4.12. The van der Waals surface area contributed by atoms with Gasteiger partial charge in [-0.1, -0.05) is 0 Å². The minimum Gasteiger partial charge on any atom is -0.466 e. The Bertz CT molecular complexity index is 571. The van der Waals surface area contributed by atoms with Crippen LogP contribution < -0.4 is 5.32 Å². The smallest absolute Gasteiger partial charge is 0.305 e. The van der Waals surface area contributed by atoms with Crippen molar-refractivity contribution < 1.29 is 9.53 Å². The van der Waals surface area contributed by atoms with E-state index >= 15 is 0 Å². The molecule has 102 valence electrons. The molecule has 0 aliphatic carbocycles. The molecule has 2 aromatic heterocycles. The van der Waals surface area contributed by atoms with E-state index in [1.807, 2.05) is 0 Å². The van der Waals surface area contributed by atoms with E-state index < -0.39 is 0 Å². The van der Waals surface area contributed by atoms with Gasteiger partial charge in [-0.2, -0.15) is 9.97 Å². The maximum atomic E-state index is 11.2. The summed E-state index contributed by atoms with van der Waals surface area (Å²) in [6.45, 7) is 2.77. The topological polar surface area (TPSA) is 92.8 Å². The Morgan fingerprint density at radius 3 is 3.16 bits per heavy atom. The molecule has 0 saturated carbocycles. The van der Waals surface area contributed by atoms with Gasteiger partial charge in [-0.3, -0.25) is 4.79 Å². The largest absolute Gasteiger partial charge is 0.466 e. The standard InChI is InChI=1S/C11H14ClN5O2/c1-2-19-7(18)4-3-5-13-9-8-10(15-6-14-8)17-11(12)16-9/h6H,2-5H2,1H3,(H2,13,14,15,16,17). The zero-order chi connectivity index (χ0) is 13.7. The van der Waals surface area contributed by atoms with Gasteiger partial charge in [0.25, 0.3) is 0 Å². The number of fused-ring (bicyclic) bond motifs is 1. The lowest BCUT2D eigenvalue weighted by Crippen LogP contribution is -2.09. The summed E-state index contributed by atoms with van der Waals surface area (Å²) in [5, 5.41) is 3.23. The van der Waals surface area contributed by atoms with E-state index in [0.717, 1.165) is 0 Å². The highest BCUT2D eigenvalue weighted by Gasteiger charge is 2.08. The second-order valence-electron chi connectivity index (χ2n) is 3.78. The summed E-state index contributed by atoms with van der Waals surface area (Å²) in [6.07, 6.45) is 2.54. The van der Waals surface area contributed by atoms with Gasteiger partial charge in [-0.05, 0) is 24.9 Å². The van der Waals surface area contributed by atoms with Crippen LogP contribution in [0.4, 0.5) is 5.82 Å². The fourth-order valence-corrected chi connectivity index (χ4v) is 1.77. The fraction of sp³-hybridized carbons (Fsp3) is 0.455. The van der Waals surface area contributed by atoms with Gasteiger partial charge in [-0.25, -0.2) is 4.98 Å². The number of nitrogens with one attached hydrogen (secondary N) is 2. The number of nitrogens with zero attached hydrogens (tertiary/aromatic N) is 3. The molecule has 0 aromatic carbocycles. The lowest BCUT2D eigenvalue weighted by Gasteiger charge is -2.06. The van der Waals surface area contributed by atoms with E-state index in [-0.39, 0.29) is 11.3 Å². The molecule has 19 heavy (non-hydrogen) atoms. The third-order valence-electron chi connectivity index (χ3n) is 2.41. The Morgan fingerprint density at radius 1 is 1.53 bits per heavy atom. The van der Waals surface area contributed by atoms with Gasteiger partial charge in [0.1, 0.15) is 5.52 Å². The van der Waals surface area contributed by atoms with Gasteiger partial charge in [0, 0.05) is 13.0 Å². The quantitative estimate of drug-likeness (QED) is 0.477. The van der Waals surface area contributed by atoms with E-state index in [1.165, 1.54) is 6.33 Å². The first-order valence-corrected chi connectivity index (χ1v) is 6.34. The maximum absolute atomic E-state index is 11.2. The van der Waals surface area contributed by atoms with E-state index in [4.69, 9.17) is 16.3 Å². The van der Waals surface area contributed by atoms with Crippen LogP contribution in [0.15, 0.2) is 6.33 Å². The number of halogens is 1. The summed E-state index contributed by atoms with van der Waals surface area (Å²) >= 11 is 5.80. The minimum absolute atomic E-state index is 0.132. The van der Waals surface area contributed by atoms with Crippen molar-refractivity contribution in [2.45, 2.75) is 19.8 Å². The van der Waals surface area contributed by atoms with Gasteiger partial charge in [0.15, 0.2) is 11.5 Å². The highest BCUT2D eigenvalue weighted by Crippen LogP contribution is 2.18. The Balaban J connectivity index is 1.91. The molecule has 2 rings (SSSR count). The zero-order valence-corrected chi connectivity index (χ0v) is 11.2. The van der Waals surface area contributed by atoms with Crippen molar-refractivity contribution in [3.05, 3.63) is 11.6 Å². The average molecular weight is 284 g/mol. The Labute approximate surface area is 114 Å². The third-order valence-corrected chi connectivity index (χ3v) is 2.58. The molecule has 7 nitrogen and oxygen atoms in total. The van der Waals surface area contributed by atoms with Gasteiger partial charge in [0.05, 0.1) is 12.9 Å². The molecule has 0 bridgehead atoms. The number of anilines is 1. The van der Waals surface area contributed by atoms with Crippen LogP contribution in [0.1, 0.15) is 19.8 Å². The normalized spacial score (nSPS) is 10.6. The van der Waals surface area contributed by atoms with Crippen molar-refractivity contribution in [2.75, 3.05) is 18.5 Å². The van der Waals surface area contributed by atoms with Crippen LogP contribution in [0.25, 0.3) is 11.2 Å². The zero-order valence-electron chi connectivity index (χ0n) is 10.4. The van der Waals surface area contributed by atoms with Crippen LogP contribution in [0, 0.1) is 0 Å². The van der Waals surface area contributed by atoms with Gasteiger partial charge in [-0.15, -0.1) is 0 Å². The number of hydrogen-bond donors (Lipinski definition) is 2. The summed E-state index contributed by atoms with van der Waals surface area (Å²) in [5.41, 5.74) is 1.20. The molecule has 2 N–H and O–H groups in total. The van der Waals surface area contributed by atoms with Crippen molar-refractivity contribution in [2.24, 2.45) is 0 Å². The van der Waals surface area contributed by atoms with Crippen LogP contribution >= 0.6 is 11.6 Å². The minimum atomic E-state index is -0.197. The van der Waals surface area contributed by atoms with Crippen LogP contribution in [-0.4, -0.2) is 39.1 Å². The molecule has 0 fully saturated rings. The summed E-state index contributed by atoms with van der Waals surface area (Å²) < 4.78 is 4.84. The average Bonchev–Trinajstić information content (AvgIpc) is 2.82. The molecule has 0 aliphatic rings. The molecule has 0 saturated heterocycles. The van der Waals surface area contributed by atoms with Crippen molar-refractivity contribution in [1.29, 1.82) is 0 Å². The molecule has 2 aromatic rings. The third kappa shape index (κ3) is 3.54. The van der Waals surface area contributed by atoms with Crippen LogP contribution in [0.3, 0.4) is 0 Å². The number of aromatic nitrogens is 4. The van der Waals surface area contributed by atoms with Crippen molar-refractivity contribution in [3.63, 3.8) is 0 Å². The summed E-state index contributed by atoms with van der Waals surface area (Å²) in [6, 6.07) is 0. The number of hydrogen-bond acceptors (Lipinski definition) is 6. The number of aromatic amines is 1. The second kappa shape index (κ2) is 6.33. The summed E-state index contributed by atoms with van der Waals surface area (Å²) in [7, 11) is 0. The molecular weight excluding hydrogens is 270 g/mol. The highest BCUT2D eigenvalue weighted by molar-refractivity contribution is 6.28. The number of carbonyl (C=O) groups excluding carboxylic acids is 1. The SMILES string of the molecule is CCOC(=O)CCCNc1nc(Cl)nc2nc[nH]c12. The lowest BCUT2D eigenvalue weighted by atomic mass is 10.3.